The second kappa shape index (κ2) is 6.80. The fourth-order valence-corrected chi connectivity index (χ4v) is 2.86. The standard InChI is InChI=1S/C16H25NO2/c1-12-6-4-5-7-15(12)17-11-13-8-9-14(18-2)10-16(13)19-3/h8-10,12,15,17H,4-7,11H2,1-3H3/t12-,15-/m0/s1. The van der Waals surface area contributed by atoms with Gasteiger partial charge in [0.05, 0.1) is 14.2 Å². The molecule has 1 aliphatic rings. The summed E-state index contributed by atoms with van der Waals surface area (Å²) in [6, 6.07) is 6.66. The number of rotatable bonds is 5. The van der Waals surface area contributed by atoms with E-state index in [1.54, 1.807) is 14.2 Å². The van der Waals surface area contributed by atoms with Gasteiger partial charge in [-0.1, -0.05) is 25.8 Å². The highest BCUT2D eigenvalue weighted by atomic mass is 16.5. The normalized spacial score (nSPS) is 23.1. The molecule has 1 aromatic rings. The van der Waals surface area contributed by atoms with Crippen LogP contribution in [0, 0.1) is 5.92 Å². The molecule has 106 valence electrons. The first-order valence-electron chi connectivity index (χ1n) is 7.19. The van der Waals surface area contributed by atoms with Gasteiger partial charge in [-0.05, 0) is 24.8 Å². The summed E-state index contributed by atoms with van der Waals surface area (Å²) in [6.07, 6.45) is 5.37. The number of hydrogen-bond acceptors (Lipinski definition) is 3. The van der Waals surface area contributed by atoms with E-state index in [4.69, 9.17) is 9.47 Å². The molecule has 0 aromatic heterocycles. The molecule has 0 radical (unpaired) electrons. The Morgan fingerprint density at radius 1 is 1.16 bits per heavy atom. The number of methoxy groups -OCH3 is 2. The summed E-state index contributed by atoms with van der Waals surface area (Å²) >= 11 is 0. The van der Waals surface area contributed by atoms with Crippen LogP contribution in [0.5, 0.6) is 11.5 Å². The minimum atomic E-state index is 0.639. The average molecular weight is 263 g/mol. The molecule has 19 heavy (non-hydrogen) atoms. The van der Waals surface area contributed by atoms with Crippen LogP contribution in [0.3, 0.4) is 0 Å². The number of ether oxygens (including phenoxy) is 2. The summed E-state index contributed by atoms with van der Waals surface area (Å²) < 4.78 is 10.7. The summed E-state index contributed by atoms with van der Waals surface area (Å²) in [4.78, 5) is 0. The molecule has 0 spiro atoms. The van der Waals surface area contributed by atoms with E-state index in [1.807, 2.05) is 12.1 Å². The Kier molecular flexibility index (Phi) is 5.08. The highest BCUT2D eigenvalue weighted by Gasteiger charge is 2.20. The van der Waals surface area contributed by atoms with Crippen LogP contribution in [0.25, 0.3) is 0 Å². The second-order valence-electron chi connectivity index (χ2n) is 5.43. The van der Waals surface area contributed by atoms with Crippen molar-refractivity contribution in [3.63, 3.8) is 0 Å². The highest BCUT2D eigenvalue weighted by Crippen LogP contribution is 2.27. The summed E-state index contributed by atoms with van der Waals surface area (Å²) in [6.45, 7) is 3.21. The van der Waals surface area contributed by atoms with E-state index in [0.717, 1.165) is 24.0 Å². The molecule has 1 aliphatic carbocycles. The highest BCUT2D eigenvalue weighted by molar-refractivity contribution is 5.40. The molecule has 0 saturated heterocycles. The summed E-state index contributed by atoms with van der Waals surface area (Å²) in [5.41, 5.74) is 1.20. The monoisotopic (exact) mass is 263 g/mol. The lowest BCUT2D eigenvalue weighted by atomic mass is 9.86. The van der Waals surface area contributed by atoms with Gasteiger partial charge in [0.2, 0.25) is 0 Å². The van der Waals surface area contributed by atoms with Crippen molar-refractivity contribution in [2.45, 2.75) is 45.2 Å². The van der Waals surface area contributed by atoms with E-state index in [9.17, 15) is 0 Å². The first-order chi connectivity index (χ1) is 9.24. The molecule has 1 saturated carbocycles. The van der Waals surface area contributed by atoms with Crippen molar-refractivity contribution in [3.8, 4) is 11.5 Å². The zero-order valence-electron chi connectivity index (χ0n) is 12.2. The largest absolute Gasteiger partial charge is 0.497 e. The topological polar surface area (TPSA) is 30.5 Å². The van der Waals surface area contributed by atoms with E-state index in [-0.39, 0.29) is 0 Å². The molecule has 2 atom stereocenters. The zero-order chi connectivity index (χ0) is 13.7. The Morgan fingerprint density at radius 3 is 2.63 bits per heavy atom. The third-order valence-corrected chi connectivity index (χ3v) is 4.16. The number of benzene rings is 1. The van der Waals surface area contributed by atoms with Gasteiger partial charge in [-0.25, -0.2) is 0 Å². The Bertz CT molecular complexity index is 406. The van der Waals surface area contributed by atoms with Crippen LogP contribution in [0.15, 0.2) is 18.2 Å². The van der Waals surface area contributed by atoms with Gasteiger partial charge in [0, 0.05) is 24.2 Å². The number of hydrogen-bond donors (Lipinski definition) is 1. The molecule has 0 amide bonds. The molecule has 3 heteroatoms. The third kappa shape index (κ3) is 3.63. The maximum atomic E-state index is 5.43. The average Bonchev–Trinajstić information content (AvgIpc) is 2.46. The van der Waals surface area contributed by atoms with Crippen LogP contribution < -0.4 is 14.8 Å². The molecular weight excluding hydrogens is 238 g/mol. The van der Waals surface area contributed by atoms with E-state index < -0.39 is 0 Å². The maximum Gasteiger partial charge on any atom is 0.127 e. The van der Waals surface area contributed by atoms with Crippen molar-refractivity contribution in [2.24, 2.45) is 5.92 Å². The van der Waals surface area contributed by atoms with Crippen molar-refractivity contribution >= 4 is 0 Å². The lowest BCUT2D eigenvalue weighted by molar-refractivity contribution is 0.278. The van der Waals surface area contributed by atoms with E-state index in [0.29, 0.717) is 6.04 Å². The van der Waals surface area contributed by atoms with Crippen molar-refractivity contribution in [3.05, 3.63) is 23.8 Å². The first kappa shape index (κ1) is 14.2. The summed E-state index contributed by atoms with van der Waals surface area (Å²) in [5.74, 6) is 2.51. The molecule has 0 aliphatic heterocycles. The molecule has 0 bridgehead atoms. The van der Waals surface area contributed by atoms with Gasteiger partial charge in [0.1, 0.15) is 11.5 Å². The minimum absolute atomic E-state index is 0.639. The number of nitrogens with one attached hydrogen (secondary N) is 1. The van der Waals surface area contributed by atoms with Gasteiger partial charge < -0.3 is 14.8 Å². The van der Waals surface area contributed by atoms with E-state index in [2.05, 4.69) is 18.3 Å². The van der Waals surface area contributed by atoms with Gasteiger partial charge in [-0.15, -0.1) is 0 Å². The molecule has 0 heterocycles. The maximum absolute atomic E-state index is 5.43. The molecule has 3 nitrogen and oxygen atoms in total. The van der Waals surface area contributed by atoms with Crippen LogP contribution in [0.1, 0.15) is 38.2 Å². The summed E-state index contributed by atoms with van der Waals surface area (Å²) in [5, 5.41) is 3.68. The SMILES string of the molecule is COc1ccc(CN[C@H]2CCCC[C@@H]2C)c(OC)c1. The van der Waals surface area contributed by atoms with Gasteiger partial charge in [0.15, 0.2) is 0 Å². The van der Waals surface area contributed by atoms with E-state index >= 15 is 0 Å². The molecule has 1 N–H and O–H groups in total. The van der Waals surface area contributed by atoms with Crippen molar-refractivity contribution in [2.75, 3.05) is 14.2 Å². The summed E-state index contributed by atoms with van der Waals surface area (Å²) in [7, 11) is 3.39. The molecular formula is C16H25NO2. The molecule has 0 unspecified atom stereocenters. The Hall–Kier alpha value is -1.22. The van der Waals surface area contributed by atoms with Crippen LogP contribution in [-0.4, -0.2) is 20.3 Å². The predicted molar refractivity (Wildman–Crippen MR) is 77.8 cm³/mol. The van der Waals surface area contributed by atoms with E-state index in [1.165, 1.54) is 31.2 Å². The molecule has 2 rings (SSSR count). The van der Waals surface area contributed by atoms with Crippen LogP contribution in [-0.2, 0) is 6.54 Å². The lowest BCUT2D eigenvalue weighted by Gasteiger charge is -2.30. The van der Waals surface area contributed by atoms with Crippen LogP contribution in [0.2, 0.25) is 0 Å². The molecule has 1 fully saturated rings. The Morgan fingerprint density at radius 2 is 1.95 bits per heavy atom. The third-order valence-electron chi connectivity index (χ3n) is 4.16. The smallest absolute Gasteiger partial charge is 0.127 e. The van der Waals surface area contributed by atoms with Crippen molar-refractivity contribution in [1.82, 2.24) is 5.32 Å². The first-order valence-corrected chi connectivity index (χ1v) is 7.19. The minimum Gasteiger partial charge on any atom is -0.497 e. The Labute approximate surface area is 116 Å². The van der Waals surface area contributed by atoms with Gasteiger partial charge in [-0.3, -0.25) is 0 Å². The zero-order valence-corrected chi connectivity index (χ0v) is 12.2. The quantitative estimate of drug-likeness (QED) is 0.883. The second-order valence-corrected chi connectivity index (χ2v) is 5.43. The van der Waals surface area contributed by atoms with Crippen molar-refractivity contribution in [1.29, 1.82) is 0 Å². The van der Waals surface area contributed by atoms with Gasteiger partial charge in [-0.2, -0.15) is 0 Å². The van der Waals surface area contributed by atoms with Crippen LogP contribution in [0.4, 0.5) is 0 Å². The predicted octanol–water partition coefficient (Wildman–Crippen LogP) is 3.37. The Balaban J connectivity index is 1.98. The van der Waals surface area contributed by atoms with Crippen molar-refractivity contribution < 1.29 is 9.47 Å². The fourth-order valence-electron chi connectivity index (χ4n) is 2.86. The van der Waals surface area contributed by atoms with Crippen LogP contribution >= 0.6 is 0 Å². The molecule has 1 aromatic carbocycles. The fraction of sp³-hybridized carbons (Fsp3) is 0.625. The van der Waals surface area contributed by atoms with Gasteiger partial charge in [0.25, 0.3) is 0 Å². The lowest BCUT2D eigenvalue weighted by Crippen LogP contribution is -2.36. The van der Waals surface area contributed by atoms with Gasteiger partial charge >= 0.3 is 0 Å².